The van der Waals surface area contributed by atoms with Gasteiger partial charge in [-0.15, -0.1) is 0 Å². The van der Waals surface area contributed by atoms with Gasteiger partial charge in [-0.25, -0.2) is 4.98 Å². The molecule has 1 fully saturated rings. The number of halogens is 2. The number of nitrogens with one attached hydrogen (secondary N) is 3. The zero-order chi connectivity index (χ0) is 27.4. The number of rotatable bonds is 6. The van der Waals surface area contributed by atoms with Gasteiger partial charge in [-0.05, 0) is 60.5 Å². The van der Waals surface area contributed by atoms with Crippen LogP contribution in [0.25, 0.3) is 0 Å². The smallest absolute Gasteiger partial charge is 0.309 e. The van der Waals surface area contributed by atoms with Crippen molar-refractivity contribution in [1.82, 2.24) is 15.6 Å². The highest BCUT2D eigenvalue weighted by Gasteiger charge is 2.46. The molecule has 3 N–H and O–H groups in total. The number of fused-ring (bicyclic) bond motifs is 2. The maximum Gasteiger partial charge on any atom is 0.309 e. The third kappa shape index (κ3) is 6.02. The summed E-state index contributed by atoms with van der Waals surface area (Å²) in [6, 6.07) is 14.9. The van der Waals surface area contributed by atoms with E-state index in [0.29, 0.717) is 47.0 Å². The molecule has 0 saturated carbocycles. The van der Waals surface area contributed by atoms with Gasteiger partial charge in [0.2, 0.25) is 5.95 Å². The molecule has 0 aliphatic carbocycles. The third-order valence-electron chi connectivity index (χ3n) is 6.56. The number of carbonyl (C=O) groups excluding carboxylic acids is 3. The standard InChI is InChI=1S/C28H26ClFN4O5/c29-22-9-8-21-20(12-13-31-16-28(21)38-24(35)10-11-25(36)39-28)26(22)32-14-17-4-6-18(7-5-17)27(37)33-15-19-2-1-3-23(30)34-19/h1-9,31-32H,10-16H2,(H,33,37). The van der Waals surface area contributed by atoms with Crippen LogP contribution >= 0.6 is 11.6 Å². The van der Waals surface area contributed by atoms with E-state index in [-0.39, 0.29) is 31.8 Å². The first kappa shape index (κ1) is 26.6. The summed E-state index contributed by atoms with van der Waals surface area (Å²) < 4.78 is 24.6. The molecule has 0 atom stereocenters. The number of aromatic nitrogens is 1. The summed E-state index contributed by atoms with van der Waals surface area (Å²) in [5, 5.41) is 9.76. The van der Waals surface area contributed by atoms with Crippen LogP contribution < -0.4 is 16.0 Å². The number of benzene rings is 2. The Morgan fingerprint density at radius 2 is 1.74 bits per heavy atom. The second-order valence-corrected chi connectivity index (χ2v) is 9.67. The van der Waals surface area contributed by atoms with Crippen LogP contribution in [-0.2, 0) is 44.4 Å². The minimum atomic E-state index is -1.56. The molecule has 0 radical (unpaired) electrons. The third-order valence-corrected chi connectivity index (χ3v) is 6.88. The molecule has 0 unspecified atom stereocenters. The summed E-state index contributed by atoms with van der Waals surface area (Å²) in [4.78, 5) is 40.9. The van der Waals surface area contributed by atoms with Crippen molar-refractivity contribution in [2.45, 2.75) is 38.1 Å². The van der Waals surface area contributed by atoms with Gasteiger partial charge in [-0.3, -0.25) is 14.4 Å². The first-order valence-electron chi connectivity index (χ1n) is 12.5. The Morgan fingerprint density at radius 1 is 1.00 bits per heavy atom. The van der Waals surface area contributed by atoms with Crippen molar-refractivity contribution in [2.24, 2.45) is 0 Å². The minimum absolute atomic E-state index is 0.0374. The molecule has 11 heteroatoms. The van der Waals surface area contributed by atoms with Crippen molar-refractivity contribution in [2.75, 3.05) is 18.4 Å². The van der Waals surface area contributed by atoms with Crippen LogP contribution in [0, 0.1) is 5.95 Å². The van der Waals surface area contributed by atoms with Crippen molar-refractivity contribution in [3.05, 3.63) is 93.5 Å². The Bertz CT molecular complexity index is 1400. The minimum Gasteiger partial charge on any atom is -0.416 e. The van der Waals surface area contributed by atoms with Crippen LogP contribution in [0.4, 0.5) is 10.1 Å². The van der Waals surface area contributed by atoms with Crippen LogP contribution in [0.2, 0.25) is 5.02 Å². The number of carbonyl (C=O) groups is 3. The molecule has 1 spiro atoms. The zero-order valence-electron chi connectivity index (χ0n) is 20.9. The van der Waals surface area contributed by atoms with Crippen molar-refractivity contribution >= 4 is 35.1 Å². The van der Waals surface area contributed by atoms with Crippen molar-refractivity contribution in [3.63, 3.8) is 0 Å². The van der Waals surface area contributed by atoms with Crippen molar-refractivity contribution in [1.29, 1.82) is 0 Å². The fourth-order valence-corrected chi connectivity index (χ4v) is 4.90. The SMILES string of the molecule is O=C1CCC(=O)OC2(CNCCc3c2ccc(Cl)c3NCc2ccc(C(=O)NCc3cccc(F)n3)cc2)O1. The summed E-state index contributed by atoms with van der Waals surface area (Å²) in [5.74, 6) is -3.47. The highest BCUT2D eigenvalue weighted by molar-refractivity contribution is 6.33. The van der Waals surface area contributed by atoms with E-state index in [9.17, 15) is 18.8 Å². The van der Waals surface area contributed by atoms with Crippen molar-refractivity contribution in [3.8, 4) is 0 Å². The van der Waals surface area contributed by atoms with E-state index in [1.807, 2.05) is 12.1 Å². The van der Waals surface area contributed by atoms with E-state index in [4.69, 9.17) is 21.1 Å². The molecular formula is C28H26ClFN4O5. The average molecular weight is 553 g/mol. The number of nitrogens with zero attached hydrogens (tertiary/aromatic N) is 1. The van der Waals surface area contributed by atoms with Crippen molar-refractivity contribution < 1.29 is 28.2 Å². The maximum atomic E-state index is 13.3. The summed E-state index contributed by atoms with van der Waals surface area (Å²) in [6.07, 6.45) is 0.489. The maximum absolute atomic E-state index is 13.3. The molecule has 1 saturated heterocycles. The number of anilines is 1. The molecule has 9 nitrogen and oxygen atoms in total. The van der Waals surface area contributed by atoms with E-state index < -0.39 is 23.7 Å². The number of hydrogen-bond acceptors (Lipinski definition) is 8. The predicted octanol–water partition coefficient (Wildman–Crippen LogP) is 3.59. The molecule has 0 bridgehead atoms. The summed E-state index contributed by atoms with van der Waals surface area (Å²) in [6.45, 7) is 1.20. The highest BCUT2D eigenvalue weighted by atomic mass is 35.5. The van der Waals surface area contributed by atoms with Gasteiger partial charge in [0, 0.05) is 17.7 Å². The van der Waals surface area contributed by atoms with E-state index in [2.05, 4.69) is 20.9 Å². The van der Waals surface area contributed by atoms with Crippen LogP contribution in [0.5, 0.6) is 0 Å². The molecule has 1 amide bonds. The lowest BCUT2D eigenvalue weighted by Crippen LogP contribution is -2.43. The Labute approximate surface area is 229 Å². The van der Waals surface area contributed by atoms with Gasteiger partial charge in [0.1, 0.15) is 0 Å². The number of pyridine rings is 1. The van der Waals surface area contributed by atoms with Gasteiger partial charge in [0.05, 0.1) is 42.3 Å². The number of amides is 1. The molecule has 5 rings (SSSR count). The monoisotopic (exact) mass is 552 g/mol. The Balaban J connectivity index is 1.30. The van der Waals surface area contributed by atoms with Crippen LogP contribution in [0.1, 0.15) is 45.6 Å². The van der Waals surface area contributed by atoms with Gasteiger partial charge >= 0.3 is 11.9 Å². The van der Waals surface area contributed by atoms with Gasteiger partial charge in [-0.1, -0.05) is 29.8 Å². The molecule has 1 aromatic heterocycles. The van der Waals surface area contributed by atoms with Crippen LogP contribution in [-0.4, -0.2) is 35.9 Å². The van der Waals surface area contributed by atoms with Crippen LogP contribution in [0.15, 0.2) is 54.6 Å². The lowest BCUT2D eigenvalue weighted by Gasteiger charge is -2.32. The molecule has 202 valence electrons. The fraction of sp³-hybridized carbons (Fsp3) is 0.286. The molecule has 3 heterocycles. The Hall–Kier alpha value is -4.02. The average Bonchev–Trinajstić information content (AvgIpc) is 3.19. The Kier molecular flexibility index (Phi) is 7.76. The Morgan fingerprint density at radius 3 is 2.46 bits per heavy atom. The normalized spacial score (nSPS) is 16.4. The summed E-state index contributed by atoms with van der Waals surface area (Å²) >= 11 is 6.58. The molecule has 3 aromatic rings. The predicted molar refractivity (Wildman–Crippen MR) is 140 cm³/mol. The molecule has 2 aliphatic rings. The van der Waals surface area contributed by atoms with Gasteiger partial charge in [0.15, 0.2) is 0 Å². The zero-order valence-corrected chi connectivity index (χ0v) is 21.6. The number of ether oxygens (including phenoxy) is 2. The second kappa shape index (κ2) is 11.4. The van der Waals surface area contributed by atoms with Gasteiger partial charge in [-0.2, -0.15) is 4.39 Å². The lowest BCUT2D eigenvalue weighted by atomic mass is 9.96. The second-order valence-electron chi connectivity index (χ2n) is 9.26. The van der Waals surface area contributed by atoms with E-state index in [1.165, 1.54) is 12.1 Å². The number of esters is 2. The van der Waals surface area contributed by atoms with E-state index in [0.717, 1.165) is 11.1 Å². The van der Waals surface area contributed by atoms with E-state index in [1.54, 1.807) is 30.3 Å². The lowest BCUT2D eigenvalue weighted by molar-refractivity contribution is -0.225. The molecule has 2 aromatic carbocycles. The quantitative estimate of drug-likeness (QED) is 0.314. The highest BCUT2D eigenvalue weighted by Crippen LogP contribution is 2.40. The molecule has 2 aliphatic heterocycles. The first-order chi connectivity index (χ1) is 18.8. The van der Waals surface area contributed by atoms with E-state index >= 15 is 0 Å². The number of hydrogen-bond donors (Lipinski definition) is 3. The first-order valence-corrected chi connectivity index (χ1v) is 12.9. The van der Waals surface area contributed by atoms with Crippen LogP contribution in [0.3, 0.4) is 0 Å². The summed E-state index contributed by atoms with van der Waals surface area (Å²) in [7, 11) is 0. The topological polar surface area (TPSA) is 119 Å². The van der Waals surface area contributed by atoms with Gasteiger partial charge in [0.25, 0.3) is 11.7 Å². The van der Waals surface area contributed by atoms with Gasteiger partial charge < -0.3 is 25.4 Å². The molecular weight excluding hydrogens is 527 g/mol. The largest absolute Gasteiger partial charge is 0.416 e. The fourth-order valence-electron chi connectivity index (χ4n) is 4.65. The summed E-state index contributed by atoms with van der Waals surface area (Å²) in [5.41, 5.74) is 3.78. The molecule has 39 heavy (non-hydrogen) atoms.